The molecule has 0 unspecified atom stereocenters. The zero-order valence-corrected chi connectivity index (χ0v) is 25.9. The minimum atomic E-state index is -0.447. The molecule has 4 aromatic rings. The summed E-state index contributed by atoms with van der Waals surface area (Å²) in [4.78, 5) is 42.1. The lowest BCUT2D eigenvalue weighted by Gasteiger charge is -2.21. The predicted octanol–water partition coefficient (Wildman–Crippen LogP) is 6.35. The van der Waals surface area contributed by atoms with Crippen molar-refractivity contribution in [2.45, 2.75) is 20.5 Å². The molecule has 0 spiro atoms. The Balaban J connectivity index is 0.00000484. The fourth-order valence-electron chi connectivity index (χ4n) is 3.89. The molecule has 2 aromatic carbocycles. The highest BCUT2D eigenvalue weighted by molar-refractivity contribution is 6.38. The van der Waals surface area contributed by atoms with Gasteiger partial charge in [-0.2, -0.15) is 0 Å². The Kier molecular flexibility index (Phi) is 11.2. The molecule has 4 rings (SSSR count). The smallest absolute Gasteiger partial charge is 0.246 e. The van der Waals surface area contributed by atoms with Gasteiger partial charge in [0.05, 0.1) is 22.9 Å². The maximum Gasteiger partial charge on any atom is 0.246 e. The third kappa shape index (κ3) is 7.74. The van der Waals surface area contributed by atoms with Crippen LogP contribution in [-0.2, 0) is 21.0 Å². The van der Waals surface area contributed by atoms with Crippen LogP contribution in [0, 0.1) is 6.92 Å². The van der Waals surface area contributed by atoms with Crippen molar-refractivity contribution in [3.05, 3.63) is 92.8 Å². The summed E-state index contributed by atoms with van der Waals surface area (Å²) in [6, 6.07) is 13.7. The second-order valence-corrected chi connectivity index (χ2v) is 10.2. The van der Waals surface area contributed by atoms with Gasteiger partial charge in [0.25, 0.3) is 0 Å². The van der Waals surface area contributed by atoms with Crippen LogP contribution in [0.1, 0.15) is 23.7 Å². The largest absolute Gasteiger partial charge is 0.485 e. The van der Waals surface area contributed by atoms with E-state index in [0.717, 1.165) is 5.56 Å². The number of rotatable bonds is 9. The van der Waals surface area contributed by atoms with Crippen molar-refractivity contribution in [3.63, 3.8) is 0 Å². The number of carbonyl (C=O) groups excluding carboxylic acids is 3. The Hall–Kier alpha value is -3.76. The van der Waals surface area contributed by atoms with Crippen molar-refractivity contribution < 1.29 is 19.1 Å². The van der Waals surface area contributed by atoms with Crippen molar-refractivity contribution in [2.75, 3.05) is 23.8 Å². The van der Waals surface area contributed by atoms with E-state index in [2.05, 4.69) is 15.6 Å². The molecule has 0 atom stereocenters. The summed E-state index contributed by atoms with van der Waals surface area (Å²) in [5, 5.41) is 6.34. The van der Waals surface area contributed by atoms with Crippen LogP contribution in [0.5, 0.6) is 5.75 Å². The summed E-state index contributed by atoms with van der Waals surface area (Å²) >= 11 is 19.4. The van der Waals surface area contributed by atoms with Gasteiger partial charge in [-0.05, 0) is 55.0 Å². The molecular weight excluding hydrogens is 624 g/mol. The van der Waals surface area contributed by atoms with Crippen LogP contribution in [0.3, 0.4) is 0 Å². The van der Waals surface area contributed by atoms with E-state index in [1.165, 1.54) is 17.9 Å². The molecule has 0 aliphatic heterocycles. The molecular formula is C29H27Cl4N5O4. The number of pyridine rings is 1. The Labute approximate surface area is 263 Å². The molecule has 13 heteroatoms. The second kappa shape index (κ2) is 14.4. The molecule has 0 aliphatic rings. The Morgan fingerprint density at radius 2 is 1.79 bits per heavy atom. The van der Waals surface area contributed by atoms with E-state index in [0.29, 0.717) is 44.2 Å². The molecule has 0 bridgehead atoms. The summed E-state index contributed by atoms with van der Waals surface area (Å²) < 4.78 is 7.71. The van der Waals surface area contributed by atoms with Crippen molar-refractivity contribution in [1.29, 1.82) is 0 Å². The van der Waals surface area contributed by atoms with Crippen LogP contribution in [0.25, 0.3) is 11.7 Å². The van der Waals surface area contributed by atoms with E-state index >= 15 is 0 Å². The van der Waals surface area contributed by atoms with Gasteiger partial charge in [-0.3, -0.25) is 18.8 Å². The lowest BCUT2D eigenvalue weighted by Crippen LogP contribution is -2.37. The fourth-order valence-corrected chi connectivity index (χ4v) is 4.68. The molecule has 3 amide bonds. The molecule has 2 N–H and O–H groups in total. The quantitative estimate of drug-likeness (QED) is 0.205. The lowest BCUT2D eigenvalue weighted by molar-refractivity contribution is -0.122. The zero-order chi connectivity index (χ0) is 29.7. The van der Waals surface area contributed by atoms with Crippen LogP contribution in [0.2, 0.25) is 15.2 Å². The van der Waals surface area contributed by atoms with Crippen LogP contribution in [0.4, 0.5) is 11.4 Å². The molecule has 220 valence electrons. The van der Waals surface area contributed by atoms with Crippen molar-refractivity contribution in [2.24, 2.45) is 0 Å². The number of benzene rings is 2. The topological polar surface area (TPSA) is 105 Å². The van der Waals surface area contributed by atoms with Gasteiger partial charge in [0.1, 0.15) is 11.8 Å². The molecule has 0 saturated heterocycles. The summed E-state index contributed by atoms with van der Waals surface area (Å²) in [7, 11) is 1.55. The molecule has 2 aromatic heterocycles. The number of aromatic nitrogens is 2. The molecule has 9 nitrogen and oxygen atoms in total. The first-order valence-corrected chi connectivity index (χ1v) is 13.5. The SMILES string of the molecule is CC(=O)Nc1ccc(C=CC(=O)NCC(=O)N(C)c2ccc(Cl)c(COc3cccn4c(Cl)c(C)nc34)c2Cl)cc1.Cl. The van der Waals surface area contributed by atoms with E-state index in [4.69, 9.17) is 39.5 Å². The van der Waals surface area contributed by atoms with E-state index in [1.54, 1.807) is 79.2 Å². The Morgan fingerprint density at radius 1 is 1.07 bits per heavy atom. The van der Waals surface area contributed by atoms with E-state index in [-0.39, 0.29) is 36.5 Å². The minimum Gasteiger partial charge on any atom is -0.485 e. The van der Waals surface area contributed by atoms with Crippen molar-refractivity contribution in [1.82, 2.24) is 14.7 Å². The van der Waals surface area contributed by atoms with Gasteiger partial charge in [-0.25, -0.2) is 4.98 Å². The van der Waals surface area contributed by atoms with E-state index in [1.807, 2.05) is 0 Å². The number of imidazole rings is 1. The number of anilines is 2. The molecule has 0 fully saturated rings. The summed E-state index contributed by atoms with van der Waals surface area (Å²) in [5.41, 5.74) is 3.51. The van der Waals surface area contributed by atoms with Crippen molar-refractivity contribution in [3.8, 4) is 5.75 Å². The summed E-state index contributed by atoms with van der Waals surface area (Å²) in [6.07, 6.45) is 4.70. The first-order chi connectivity index (χ1) is 19.5. The Morgan fingerprint density at radius 3 is 2.48 bits per heavy atom. The van der Waals surface area contributed by atoms with Gasteiger partial charge < -0.3 is 20.3 Å². The first-order valence-electron chi connectivity index (χ1n) is 12.4. The highest BCUT2D eigenvalue weighted by Gasteiger charge is 2.20. The van der Waals surface area contributed by atoms with E-state index in [9.17, 15) is 14.4 Å². The molecule has 0 saturated carbocycles. The van der Waals surface area contributed by atoms with Gasteiger partial charge in [0, 0.05) is 42.5 Å². The molecule has 42 heavy (non-hydrogen) atoms. The maximum atomic E-state index is 12.9. The van der Waals surface area contributed by atoms with Gasteiger partial charge >= 0.3 is 0 Å². The van der Waals surface area contributed by atoms with Gasteiger partial charge in [-0.15, -0.1) is 12.4 Å². The monoisotopic (exact) mass is 649 g/mol. The van der Waals surface area contributed by atoms with Crippen LogP contribution >= 0.6 is 47.2 Å². The number of ether oxygens (including phenoxy) is 1. The average molecular weight is 651 g/mol. The van der Waals surface area contributed by atoms with Gasteiger partial charge in [-0.1, -0.05) is 46.9 Å². The number of likely N-dealkylation sites (N-methyl/N-ethyl adjacent to an activating group) is 1. The zero-order valence-electron chi connectivity index (χ0n) is 22.8. The Bertz CT molecular complexity index is 1650. The third-order valence-electron chi connectivity index (χ3n) is 6.06. The summed E-state index contributed by atoms with van der Waals surface area (Å²) in [5.74, 6) is -0.521. The normalized spacial score (nSPS) is 10.8. The lowest BCUT2D eigenvalue weighted by atomic mass is 10.2. The fraction of sp³-hybridized carbons (Fsp3) is 0.172. The third-order valence-corrected chi connectivity index (χ3v) is 7.29. The van der Waals surface area contributed by atoms with Gasteiger partial charge in [0.15, 0.2) is 11.4 Å². The minimum absolute atomic E-state index is 0. The molecule has 0 aliphatic carbocycles. The number of nitrogens with zero attached hydrogens (tertiary/aromatic N) is 3. The van der Waals surface area contributed by atoms with Gasteiger partial charge in [0.2, 0.25) is 17.7 Å². The average Bonchev–Trinajstić information content (AvgIpc) is 3.24. The first kappa shape index (κ1) is 32.8. The second-order valence-electron chi connectivity index (χ2n) is 9.01. The number of carbonyl (C=O) groups is 3. The maximum absolute atomic E-state index is 12.9. The van der Waals surface area contributed by atoms with Crippen LogP contribution < -0.4 is 20.3 Å². The highest BCUT2D eigenvalue weighted by Crippen LogP contribution is 2.35. The number of hydrogen-bond donors (Lipinski definition) is 2. The number of fused-ring (bicyclic) bond motifs is 1. The number of halogens is 4. The van der Waals surface area contributed by atoms with Crippen LogP contribution in [-0.4, -0.2) is 40.7 Å². The molecule has 2 heterocycles. The summed E-state index contributed by atoms with van der Waals surface area (Å²) in [6.45, 7) is 2.99. The standard InChI is InChI=1S/C29H26Cl3N5O4.ClH/c1-17-28(32)37-14-4-5-24(29(37)34-17)41-16-21-22(30)11-12-23(27(21)31)36(3)26(40)15-33-25(39)13-8-19-6-9-20(10-7-19)35-18(2)38;/h4-14H,15-16H2,1-3H3,(H,33,39)(H,35,38);1H. The van der Waals surface area contributed by atoms with Crippen LogP contribution in [0.15, 0.2) is 60.8 Å². The van der Waals surface area contributed by atoms with Crippen molar-refractivity contribution >= 4 is 88.0 Å². The number of hydrogen-bond acceptors (Lipinski definition) is 5. The number of nitrogens with one attached hydrogen (secondary N) is 2. The molecule has 0 radical (unpaired) electrons. The highest BCUT2D eigenvalue weighted by atomic mass is 35.5. The van der Waals surface area contributed by atoms with E-state index < -0.39 is 11.8 Å². The predicted molar refractivity (Wildman–Crippen MR) is 169 cm³/mol. The number of aryl methyl sites for hydroxylation is 1. The number of amides is 3.